The van der Waals surface area contributed by atoms with Gasteiger partial charge >= 0.3 is 23.9 Å². The number of amides is 1. The molecular formula is C29H45N7O9S. The Morgan fingerprint density at radius 2 is 1.20 bits per heavy atom. The number of nitrogens with zero attached hydrogens (tertiary/aromatic N) is 4. The van der Waals surface area contributed by atoms with Crippen molar-refractivity contribution in [3.63, 3.8) is 0 Å². The highest BCUT2D eigenvalue weighted by Crippen LogP contribution is 2.12. The molecular weight excluding hydrogens is 622 g/mol. The average molecular weight is 668 g/mol. The van der Waals surface area contributed by atoms with Crippen LogP contribution >= 0.6 is 12.2 Å². The van der Waals surface area contributed by atoms with Gasteiger partial charge in [-0.3, -0.25) is 43.6 Å². The summed E-state index contributed by atoms with van der Waals surface area (Å²) in [4.78, 5) is 66.0. The third kappa shape index (κ3) is 15.4. The van der Waals surface area contributed by atoms with Crippen molar-refractivity contribution in [1.82, 2.24) is 30.2 Å². The highest BCUT2D eigenvalue weighted by molar-refractivity contribution is 7.80. The molecule has 7 N–H and O–H groups in total. The molecule has 2 rings (SSSR count). The van der Waals surface area contributed by atoms with Crippen molar-refractivity contribution >= 4 is 52.8 Å². The van der Waals surface area contributed by atoms with Crippen molar-refractivity contribution in [3.05, 3.63) is 29.8 Å². The zero-order valence-electron chi connectivity index (χ0n) is 26.0. The quantitative estimate of drug-likeness (QED) is 0.115. The van der Waals surface area contributed by atoms with Crippen LogP contribution in [0.1, 0.15) is 25.3 Å². The predicted octanol–water partition coefficient (Wildman–Crippen LogP) is -0.682. The SMILES string of the molecule is CCNC(=S)Nc1ccc(CNC(=O)CCC(C(=O)O)N2CCN(CC(=O)O)CCN(CC(=O)O)CCN(CC(=O)O)CC2)cc1. The van der Waals surface area contributed by atoms with Crippen LogP contribution in [0.2, 0.25) is 0 Å². The fraction of sp³-hybridized carbons (Fsp3) is 0.586. The van der Waals surface area contributed by atoms with Gasteiger partial charge in [0.05, 0.1) is 19.6 Å². The Labute approximate surface area is 273 Å². The molecule has 16 nitrogen and oxygen atoms in total. The fourth-order valence-electron chi connectivity index (χ4n) is 4.97. The summed E-state index contributed by atoms with van der Waals surface area (Å²) in [5, 5.41) is 47.6. The Morgan fingerprint density at radius 3 is 1.61 bits per heavy atom. The first-order chi connectivity index (χ1) is 21.9. The number of benzene rings is 1. The Kier molecular flexibility index (Phi) is 16.9. The van der Waals surface area contributed by atoms with Crippen LogP contribution < -0.4 is 16.0 Å². The summed E-state index contributed by atoms with van der Waals surface area (Å²) in [5.74, 6) is -4.71. The smallest absolute Gasteiger partial charge is 0.320 e. The zero-order chi connectivity index (χ0) is 34.1. The molecule has 1 aliphatic heterocycles. The molecule has 46 heavy (non-hydrogen) atoms. The minimum absolute atomic E-state index is 0.0177. The number of rotatable bonds is 15. The molecule has 256 valence electrons. The van der Waals surface area contributed by atoms with Gasteiger partial charge in [-0.2, -0.15) is 0 Å². The van der Waals surface area contributed by atoms with Crippen LogP contribution in [0.5, 0.6) is 0 Å². The van der Waals surface area contributed by atoms with Gasteiger partial charge in [0.2, 0.25) is 5.91 Å². The number of carboxylic acids is 4. The average Bonchev–Trinajstić information content (AvgIpc) is 2.97. The Morgan fingerprint density at radius 1 is 0.739 bits per heavy atom. The molecule has 1 aliphatic rings. The monoisotopic (exact) mass is 667 g/mol. The van der Waals surface area contributed by atoms with Gasteiger partial charge in [-0.1, -0.05) is 12.1 Å². The molecule has 0 aromatic heterocycles. The number of anilines is 1. The maximum atomic E-state index is 12.7. The third-order valence-corrected chi connectivity index (χ3v) is 7.60. The van der Waals surface area contributed by atoms with Gasteiger partial charge in [0, 0.05) is 77.6 Å². The van der Waals surface area contributed by atoms with Gasteiger partial charge in [0.15, 0.2) is 5.11 Å². The van der Waals surface area contributed by atoms with E-state index in [-0.39, 0.29) is 97.3 Å². The normalized spacial score (nSPS) is 16.7. The first-order valence-electron chi connectivity index (χ1n) is 15.1. The molecule has 1 unspecified atom stereocenters. The van der Waals surface area contributed by atoms with E-state index in [1.54, 1.807) is 19.6 Å². The number of nitrogens with one attached hydrogen (secondary N) is 3. The van der Waals surface area contributed by atoms with Crippen LogP contribution in [-0.4, -0.2) is 160 Å². The van der Waals surface area contributed by atoms with Gasteiger partial charge in [-0.05, 0) is 43.3 Å². The molecule has 0 spiro atoms. The lowest BCUT2D eigenvalue weighted by atomic mass is 10.1. The predicted molar refractivity (Wildman–Crippen MR) is 173 cm³/mol. The highest BCUT2D eigenvalue weighted by atomic mass is 32.1. The number of aliphatic carboxylic acids is 4. The van der Waals surface area contributed by atoms with E-state index in [2.05, 4.69) is 16.0 Å². The minimum atomic E-state index is -1.15. The van der Waals surface area contributed by atoms with Crippen molar-refractivity contribution in [2.24, 2.45) is 0 Å². The minimum Gasteiger partial charge on any atom is -0.480 e. The fourth-order valence-corrected chi connectivity index (χ4v) is 5.24. The lowest BCUT2D eigenvalue weighted by Crippen LogP contribution is -2.52. The molecule has 0 bridgehead atoms. The Bertz CT molecular complexity index is 1160. The number of thiocarbonyl (C=S) groups is 1. The molecule has 1 fully saturated rings. The largest absolute Gasteiger partial charge is 0.480 e. The second kappa shape index (κ2) is 20.3. The third-order valence-electron chi connectivity index (χ3n) is 7.36. The van der Waals surface area contributed by atoms with E-state index in [9.17, 15) is 44.4 Å². The summed E-state index contributed by atoms with van der Waals surface area (Å²) in [6.07, 6.45) is -0.0952. The first-order valence-corrected chi connectivity index (χ1v) is 15.5. The molecule has 1 heterocycles. The maximum Gasteiger partial charge on any atom is 0.320 e. The molecule has 0 aliphatic carbocycles. The van der Waals surface area contributed by atoms with Crippen molar-refractivity contribution in [3.8, 4) is 0 Å². The summed E-state index contributed by atoms with van der Waals surface area (Å²) in [7, 11) is 0. The van der Waals surface area contributed by atoms with Crippen LogP contribution in [0.3, 0.4) is 0 Å². The number of carbonyl (C=O) groups is 5. The van der Waals surface area contributed by atoms with E-state index in [0.717, 1.165) is 11.3 Å². The van der Waals surface area contributed by atoms with Gasteiger partial charge in [0.25, 0.3) is 0 Å². The zero-order valence-corrected chi connectivity index (χ0v) is 26.8. The van der Waals surface area contributed by atoms with Crippen molar-refractivity contribution < 1.29 is 44.4 Å². The summed E-state index contributed by atoms with van der Waals surface area (Å²) in [5.41, 5.74) is 1.63. The number of hydrogen-bond acceptors (Lipinski definition) is 10. The van der Waals surface area contributed by atoms with Crippen LogP contribution in [-0.2, 0) is 30.5 Å². The van der Waals surface area contributed by atoms with E-state index >= 15 is 0 Å². The van der Waals surface area contributed by atoms with E-state index in [1.807, 2.05) is 31.2 Å². The lowest BCUT2D eigenvalue weighted by Gasteiger charge is -2.35. The van der Waals surface area contributed by atoms with Crippen LogP contribution in [0, 0.1) is 0 Å². The van der Waals surface area contributed by atoms with E-state index in [4.69, 9.17) is 12.2 Å². The topological polar surface area (TPSA) is 215 Å². The molecule has 1 aromatic carbocycles. The number of carbonyl (C=O) groups excluding carboxylic acids is 1. The molecule has 1 amide bonds. The second-order valence-corrected chi connectivity index (χ2v) is 11.3. The Balaban J connectivity index is 2.08. The van der Waals surface area contributed by atoms with E-state index < -0.39 is 29.9 Å². The van der Waals surface area contributed by atoms with Crippen molar-refractivity contribution in [2.75, 3.05) is 83.9 Å². The molecule has 0 saturated carbocycles. The molecule has 1 atom stereocenters. The summed E-state index contributed by atoms with van der Waals surface area (Å²) < 4.78 is 0. The van der Waals surface area contributed by atoms with Crippen LogP contribution in [0.4, 0.5) is 5.69 Å². The van der Waals surface area contributed by atoms with Gasteiger partial charge in [0.1, 0.15) is 6.04 Å². The van der Waals surface area contributed by atoms with Gasteiger partial charge < -0.3 is 36.4 Å². The summed E-state index contributed by atoms with van der Waals surface area (Å²) in [6, 6.07) is 6.24. The van der Waals surface area contributed by atoms with Crippen molar-refractivity contribution in [2.45, 2.75) is 32.4 Å². The molecule has 1 saturated heterocycles. The molecule has 0 radical (unpaired) electrons. The summed E-state index contributed by atoms with van der Waals surface area (Å²) in [6.45, 7) is 3.46. The van der Waals surface area contributed by atoms with E-state index in [1.165, 1.54) is 0 Å². The lowest BCUT2D eigenvalue weighted by molar-refractivity contribution is -0.145. The standard InChI is InChI=1S/C29H45N7O9S/c1-2-30-29(46)32-22-5-3-21(4-6-22)17-31-24(37)8-7-23(28(44)45)36-15-13-34(19-26(40)41)11-9-33(18-25(38)39)10-12-35(14-16-36)20-27(42)43/h3-6,23H,2,7-20H2,1H3,(H,31,37)(H,38,39)(H,40,41)(H,42,43)(H,44,45)(H2,30,32,46). The van der Waals surface area contributed by atoms with Crippen LogP contribution in [0.15, 0.2) is 24.3 Å². The maximum absolute atomic E-state index is 12.7. The van der Waals surface area contributed by atoms with Crippen molar-refractivity contribution in [1.29, 1.82) is 0 Å². The Hall–Kier alpha value is -3.90. The molecule has 1 aromatic rings. The highest BCUT2D eigenvalue weighted by Gasteiger charge is 2.28. The van der Waals surface area contributed by atoms with Gasteiger partial charge in [-0.25, -0.2) is 0 Å². The number of hydrogen-bond donors (Lipinski definition) is 7. The van der Waals surface area contributed by atoms with Gasteiger partial charge in [-0.15, -0.1) is 0 Å². The first kappa shape index (κ1) is 38.3. The molecule has 17 heteroatoms. The summed E-state index contributed by atoms with van der Waals surface area (Å²) >= 11 is 5.17. The number of carboxylic acid groups (broad SMARTS) is 4. The van der Waals surface area contributed by atoms with E-state index in [0.29, 0.717) is 11.7 Å². The second-order valence-electron chi connectivity index (χ2n) is 10.9. The van der Waals surface area contributed by atoms with Crippen LogP contribution in [0.25, 0.3) is 0 Å².